The molecule has 0 radical (unpaired) electrons. The molecule has 2 N–H and O–H groups in total. The van der Waals surface area contributed by atoms with Crippen LogP contribution in [-0.4, -0.2) is 21.4 Å². The van der Waals surface area contributed by atoms with Crippen molar-refractivity contribution in [2.75, 3.05) is 7.05 Å². The molecule has 0 bridgehead atoms. The number of benzene rings is 1. The Morgan fingerprint density at radius 2 is 1.90 bits per heavy atom. The van der Waals surface area contributed by atoms with Crippen molar-refractivity contribution in [3.63, 3.8) is 0 Å². The van der Waals surface area contributed by atoms with E-state index in [1.165, 1.54) is 7.05 Å². The van der Waals surface area contributed by atoms with Gasteiger partial charge in [0.2, 0.25) is 15.9 Å². The van der Waals surface area contributed by atoms with Gasteiger partial charge in [-0.1, -0.05) is 38.1 Å². The minimum atomic E-state index is -3.27. The Morgan fingerprint density at radius 3 is 2.50 bits per heavy atom. The van der Waals surface area contributed by atoms with Gasteiger partial charge in [-0.05, 0) is 24.1 Å². The van der Waals surface area contributed by atoms with Crippen molar-refractivity contribution in [3.05, 3.63) is 35.4 Å². The van der Waals surface area contributed by atoms with Gasteiger partial charge >= 0.3 is 0 Å². The molecule has 0 aliphatic heterocycles. The highest BCUT2D eigenvalue weighted by Crippen LogP contribution is 2.09. The Hall–Kier alpha value is -1.40. The van der Waals surface area contributed by atoms with Crippen molar-refractivity contribution in [1.82, 2.24) is 10.0 Å². The van der Waals surface area contributed by atoms with Gasteiger partial charge in [-0.2, -0.15) is 0 Å². The third-order valence-corrected chi connectivity index (χ3v) is 4.08. The second-order valence-corrected chi connectivity index (χ2v) is 7.08. The molecule has 0 aliphatic carbocycles. The van der Waals surface area contributed by atoms with Crippen LogP contribution in [0.3, 0.4) is 0 Å². The van der Waals surface area contributed by atoms with Crippen LogP contribution in [0.1, 0.15) is 31.4 Å². The molecule has 1 aromatic carbocycles. The van der Waals surface area contributed by atoms with E-state index in [1.54, 1.807) is 18.2 Å². The van der Waals surface area contributed by atoms with Crippen molar-refractivity contribution in [3.8, 4) is 0 Å². The fourth-order valence-corrected chi connectivity index (χ4v) is 2.53. The smallest absolute Gasteiger partial charge is 0.220 e. The molecule has 1 amide bonds. The zero-order chi connectivity index (χ0) is 15.2. The van der Waals surface area contributed by atoms with Crippen molar-refractivity contribution in [2.24, 2.45) is 5.92 Å². The number of nitrogens with one attached hydrogen (secondary N) is 2. The first-order valence-corrected chi connectivity index (χ1v) is 8.23. The van der Waals surface area contributed by atoms with Crippen LogP contribution in [0.4, 0.5) is 0 Å². The molecule has 0 aromatic heterocycles. The lowest BCUT2D eigenvalue weighted by atomic mass is 10.1. The van der Waals surface area contributed by atoms with E-state index in [0.717, 1.165) is 5.56 Å². The first-order chi connectivity index (χ1) is 9.32. The maximum absolute atomic E-state index is 11.6. The van der Waals surface area contributed by atoms with Crippen molar-refractivity contribution < 1.29 is 13.2 Å². The summed E-state index contributed by atoms with van der Waals surface area (Å²) in [5.74, 6) is 0.271. The lowest BCUT2D eigenvalue weighted by Gasteiger charge is -2.09. The molecule has 0 saturated heterocycles. The molecule has 0 atom stereocenters. The molecule has 0 fully saturated rings. The molecule has 0 spiro atoms. The number of sulfonamides is 1. The van der Waals surface area contributed by atoms with Crippen molar-refractivity contribution in [2.45, 2.75) is 32.6 Å². The van der Waals surface area contributed by atoms with E-state index in [9.17, 15) is 13.2 Å². The summed E-state index contributed by atoms with van der Waals surface area (Å²) in [4.78, 5) is 11.6. The first kappa shape index (κ1) is 16.7. The topological polar surface area (TPSA) is 75.3 Å². The van der Waals surface area contributed by atoms with Crippen LogP contribution in [0.2, 0.25) is 0 Å². The molecule has 0 saturated carbocycles. The molecular weight excluding hydrogens is 276 g/mol. The molecule has 6 heteroatoms. The highest BCUT2D eigenvalue weighted by atomic mass is 32.2. The molecule has 0 unspecified atom stereocenters. The van der Waals surface area contributed by atoms with E-state index in [1.807, 2.05) is 19.9 Å². The Labute approximate surface area is 120 Å². The van der Waals surface area contributed by atoms with Crippen LogP contribution in [0, 0.1) is 5.92 Å². The van der Waals surface area contributed by atoms with Gasteiger partial charge in [-0.3, -0.25) is 4.79 Å². The van der Waals surface area contributed by atoms with E-state index in [2.05, 4.69) is 10.0 Å². The average molecular weight is 298 g/mol. The van der Waals surface area contributed by atoms with Crippen LogP contribution in [0.15, 0.2) is 24.3 Å². The molecule has 112 valence electrons. The second kappa shape index (κ2) is 7.40. The minimum Gasteiger partial charge on any atom is -0.352 e. The lowest BCUT2D eigenvalue weighted by molar-refractivity contribution is -0.121. The summed E-state index contributed by atoms with van der Waals surface area (Å²) >= 11 is 0. The first-order valence-electron chi connectivity index (χ1n) is 6.58. The van der Waals surface area contributed by atoms with Crippen LogP contribution >= 0.6 is 0 Å². The SMILES string of the molecule is CNS(=O)(=O)Cc1cccc(CNC(=O)CC(C)C)c1. The summed E-state index contributed by atoms with van der Waals surface area (Å²) in [6.45, 7) is 4.39. The van der Waals surface area contributed by atoms with E-state index in [0.29, 0.717) is 24.4 Å². The molecule has 0 heterocycles. The van der Waals surface area contributed by atoms with Crippen LogP contribution < -0.4 is 10.0 Å². The summed E-state index contributed by atoms with van der Waals surface area (Å²) in [5, 5.41) is 2.83. The van der Waals surface area contributed by atoms with Gasteiger partial charge in [0.05, 0.1) is 5.75 Å². The largest absolute Gasteiger partial charge is 0.352 e. The maximum atomic E-state index is 11.6. The van der Waals surface area contributed by atoms with Crippen LogP contribution in [0.5, 0.6) is 0 Å². The van der Waals surface area contributed by atoms with Crippen LogP contribution in [-0.2, 0) is 27.1 Å². The zero-order valence-electron chi connectivity index (χ0n) is 12.1. The van der Waals surface area contributed by atoms with Gasteiger partial charge in [0.15, 0.2) is 0 Å². The monoisotopic (exact) mass is 298 g/mol. The van der Waals surface area contributed by atoms with E-state index in [4.69, 9.17) is 0 Å². The second-order valence-electron chi connectivity index (χ2n) is 5.16. The Kier molecular flexibility index (Phi) is 6.16. The summed E-state index contributed by atoms with van der Waals surface area (Å²) in [5.41, 5.74) is 1.60. The van der Waals surface area contributed by atoms with E-state index in [-0.39, 0.29) is 11.7 Å². The Morgan fingerprint density at radius 1 is 1.25 bits per heavy atom. The molecule has 1 aromatic rings. The lowest BCUT2D eigenvalue weighted by Crippen LogP contribution is -2.24. The number of amides is 1. The Bertz CT molecular complexity index is 553. The third-order valence-electron chi connectivity index (χ3n) is 2.74. The van der Waals surface area contributed by atoms with Gasteiger partial charge in [-0.25, -0.2) is 13.1 Å². The minimum absolute atomic E-state index is 0.00764. The standard InChI is InChI=1S/C14H22N2O3S/c1-11(2)7-14(17)16-9-12-5-4-6-13(8-12)10-20(18,19)15-3/h4-6,8,11,15H,7,9-10H2,1-3H3,(H,16,17). The highest BCUT2D eigenvalue weighted by molar-refractivity contribution is 7.88. The molecule has 5 nitrogen and oxygen atoms in total. The van der Waals surface area contributed by atoms with E-state index >= 15 is 0 Å². The van der Waals surface area contributed by atoms with Gasteiger partial charge in [0, 0.05) is 13.0 Å². The number of rotatable bonds is 7. The van der Waals surface area contributed by atoms with Gasteiger partial charge in [0.1, 0.15) is 0 Å². The predicted octanol–water partition coefficient (Wildman–Crippen LogP) is 1.40. The van der Waals surface area contributed by atoms with Gasteiger partial charge in [0.25, 0.3) is 0 Å². The summed E-state index contributed by atoms with van der Waals surface area (Å²) in [6, 6.07) is 7.22. The highest BCUT2D eigenvalue weighted by Gasteiger charge is 2.09. The van der Waals surface area contributed by atoms with Crippen molar-refractivity contribution >= 4 is 15.9 Å². The number of carbonyl (C=O) groups excluding carboxylic acids is 1. The van der Waals surface area contributed by atoms with E-state index < -0.39 is 10.0 Å². The summed E-state index contributed by atoms with van der Waals surface area (Å²) < 4.78 is 25.3. The number of hydrogen-bond donors (Lipinski definition) is 2. The predicted molar refractivity (Wildman–Crippen MR) is 79.4 cm³/mol. The maximum Gasteiger partial charge on any atom is 0.220 e. The molecule has 20 heavy (non-hydrogen) atoms. The summed E-state index contributed by atoms with van der Waals surface area (Å²) in [6.07, 6.45) is 0.494. The summed E-state index contributed by atoms with van der Waals surface area (Å²) in [7, 11) is -1.88. The quantitative estimate of drug-likeness (QED) is 0.799. The average Bonchev–Trinajstić information content (AvgIpc) is 2.35. The number of carbonyl (C=O) groups is 1. The third kappa shape index (κ3) is 6.16. The normalized spacial score (nSPS) is 11.6. The van der Waals surface area contributed by atoms with Gasteiger partial charge in [-0.15, -0.1) is 0 Å². The molecule has 0 aliphatic rings. The van der Waals surface area contributed by atoms with Gasteiger partial charge < -0.3 is 5.32 Å². The fraction of sp³-hybridized carbons (Fsp3) is 0.500. The van der Waals surface area contributed by atoms with Crippen molar-refractivity contribution in [1.29, 1.82) is 0 Å². The Balaban J connectivity index is 2.62. The molecule has 1 rings (SSSR count). The zero-order valence-corrected chi connectivity index (χ0v) is 13.0. The molecular formula is C14H22N2O3S. The number of hydrogen-bond acceptors (Lipinski definition) is 3. The van der Waals surface area contributed by atoms with Crippen LogP contribution in [0.25, 0.3) is 0 Å². The fourth-order valence-electron chi connectivity index (χ4n) is 1.76.